The Hall–Kier alpha value is -3.03. The molecule has 0 bridgehead atoms. The van der Waals surface area contributed by atoms with Crippen molar-refractivity contribution in [3.63, 3.8) is 0 Å². The number of rotatable bonds is 6. The van der Waals surface area contributed by atoms with E-state index >= 15 is 0 Å². The summed E-state index contributed by atoms with van der Waals surface area (Å²) in [5.41, 5.74) is 8.25. The Labute approximate surface area is 149 Å². The van der Waals surface area contributed by atoms with Crippen LogP contribution in [0, 0.1) is 5.41 Å². The Morgan fingerprint density at radius 3 is 2.69 bits per heavy atom. The van der Waals surface area contributed by atoms with E-state index < -0.39 is 5.41 Å². The standard InChI is InChI=1S/C18H19N7O/c19-16(20)18(7-8-18)17-21-15(23-26-17)13-3-1-11(2-4-13)9-25-10-14(22-24-25)12-5-6-12/h1-4,10,12H,5-9H2,(H3,19,20). The van der Waals surface area contributed by atoms with Gasteiger partial charge in [-0.15, -0.1) is 5.10 Å². The maximum atomic E-state index is 7.71. The lowest BCUT2D eigenvalue weighted by atomic mass is 10.1. The Balaban J connectivity index is 1.32. The molecule has 0 amide bonds. The third-order valence-corrected chi connectivity index (χ3v) is 5.21. The second-order valence-electron chi connectivity index (χ2n) is 7.23. The molecule has 26 heavy (non-hydrogen) atoms. The summed E-state index contributed by atoms with van der Waals surface area (Å²) in [4.78, 5) is 4.45. The predicted molar refractivity (Wildman–Crippen MR) is 93.7 cm³/mol. The molecule has 0 spiro atoms. The van der Waals surface area contributed by atoms with Gasteiger partial charge >= 0.3 is 0 Å². The zero-order chi connectivity index (χ0) is 17.7. The number of nitrogens with zero attached hydrogens (tertiary/aromatic N) is 5. The van der Waals surface area contributed by atoms with E-state index in [0.717, 1.165) is 29.7 Å². The van der Waals surface area contributed by atoms with Crippen LogP contribution >= 0.6 is 0 Å². The lowest BCUT2D eigenvalue weighted by Crippen LogP contribution is -2.27. The van der Waals surface area contributed by atoms with Crippen molar-refractivity contribution in [3.05, 3.63) is 47.6 Å². The smallest absolute Gasteiger partial charge is 0.240 e. The molecule has 0 unspecified atom stereocenters. The van der Waals surface area contributed by atoms with Crippen LogP contribution in [0.25, 0.3) is 11.4 Å². The molecule has 8 heteroatoms. The van der Waals surface area contributed by atoms with Crippen LogP contribution in [-0.4, -0.2) is 31.0 Å². The molecule has 8 nitrogen and oxygen atoms in total. The minimum atomic E-state index is -0.530. The number of nitrogens with two attached hydrogens (primary N) is 1. The molecule has 0 aliphatic heterocycles. The summed E-state index contributed by atoms with van der Waals surface area (Å²) in [7, 11) is 0. The molecule has 3 aromatic rings. The average molecular weight is 349 g/mol. The molecule has 0 atom stereocenters. The van der Waals surface area contributed by atoms with Gasteiger partial charge < -0.3 is 10.3 Å². The highest BCUT2D eigenvalue weighted by Gasteiger charge is 2.52. The molecule has 2 heterocycles. The van der Waals surface area contributed by atoms with Gasteiger partial charge in [0.1, 0.15) is 11.3 Å². The van der Waals surface area contributed by atoms with Crippen molar-refractivity contribution in [2.75, 3.05) is 0 Å². The third-order valence-electron chi connectivity index (χ3n) is 5.21. The highest BCUT2D eigenvalue weighted by molar-refractivity contribution is 5.91. The number of amidine groups is 1. The number of benzene rings is 1. The van der Waals surface area contributed by atoms with Crippen molar-refractivity contribution < 1.29 is 4.52 Å². The first-order valence-electron chi connectivity index (χ1n) is 8.82. The highest BCUT2D eigenvalue weighted by Crippen LogP contribution is 2.47. The van der Waals surface area contributed by atoms with Crippen LogP contribution in [0.4, 0.5) is 0 Å². The van der Waals surface area contributed by atoms with Crippen molar-refractivity contribution in [1.82, 2.24) is 25.1 Å². The molecule has 0 saturated heterocycles. The van der Waals surface area contributed by atoms with Gasteiger partial charge in [-0.25, -0.2) is 4.68 Å². The summed E-state index contributed by atoms with van der Waals surface area (Å²) in [6.45, 7) is 0.685. The van der Waals surface area contributed by atoms with E-state index in [2.05, 4.69) is 20.5 Å². The maximum Gasteiger partial charge on any atom is 0.240 e. The molecule has 3 N–H and O–H groups in total. The zero-order valence-corrected chi connectivity index (χ0v) is 14.2. The molecule has 0 radical (unpaired) electrons. The normalized spacial score (nSPS) is 18.0. The van der Waals surface area contributed by atoms with Crippen molar-refractivity contribution in [3.8, 4) is 11.4 Å². The van der Waals surface area contributed by atoms with Gasteiger partial charge in [0.15, 0.2) is 0 Å². The van der Waals surface area contributed by atoms with E-state index in [4.69, 9.17) is 15.7 Å². The van der Waals surface area contributed by atoms with Gasteiger partial charge in [0.05, 0.1) is 12.2 Å². The molecular formula is C18H19N7O. The van der Waals surface area contributed by atoms with Gasteiger partial charge in [0.25, 0.3) is 0 Å². The number of hydrogen-bond acceptors (Lipinski definition) is 6. The van der Waals surface area contributed by atoms with Crippen LogP contribution in [0.2, 0.25) is 0 Å². The average Bonchev–Trinajstić information content (AvgIpc) is 3.56. The molecule has 2 saturated carbocycles. The molecule has 2 aromatic heterocycles. The van der Waals surface area contributed by atoms with Crippen molar-refractivity contribution in [1.29, 1.82) is 5.41 Å². The van der Waals surface area contributed by atoms with Crippen LogP contribution in [-0.2, 0) is 12.0 Å². The van der Waals surface area contributed by atoms with Gasteiger partial charge in [-0.3, -0.25) is 5.41 Å². The Morgan fingerprint density at radius 2 is 2.04 bits per heavy atom. The fraction of sp³-hybridized carbons (Fsp3) is 0.389. The van der Waals surface area contributed by atoms with E-state index in [0.29, 0.717) is 24.2 Å². The SMILES string of the molecule is N=C(N)C1(c2nc(-c3ccc(Cn4cc(C5CC5)nn4)cc3)no2)CC1. The first-order chi connectivity index (χ1) is 12.6. The summed E-state index contributed by atoms with van der Waals surface area (Å²) in [6.07, 6.45) is 6.08. The third kappa shape index (κ3) is 2.58. The van der Waals surface area contributed by atoms with Gasteiger partial charge in [-0.1, -0.05) is 34.6 Å². The van der Waals surface area contributed by atoms with Crippen molar-refractivity contribution in [2.24, 2.45) is 5.73 Å². The Bertz CT molecular complexity index is 964. The van der Waals surface area contributed by atoms with E-state index in [9.17, 15) is 0 Å². The Morgan fingerprint density at radius 1 is 1.27 bits per heavy atom. The van der Waals surface area contributed by atoms with E-state index in [1.165, 1.54) is 12.8 Å². The van der Waals surface area contributed by atoms with E-state index in [1.54, 1.807) is 0 Å². The van der Waals surface area contributed by atoms with Gasteiger partial charge in [0.2, 0.25) is 11.7 Å². The minimum absolute atomic E-state index is 0.0986. The summed E-state index contributed by atoms with van der Waals surface area (Å²) in [5.74, 6) is 1.68. The highest BCUT2D eigenvalue weighted by atomic mass is 16.5. The molecule has 2 aliphatic carbocycles. The second-order valence-corrected chi connectivity index (χ2v) is 7.23. The molecule has 2 aliphatic rings. The quantitative estimate of drug-likeness (QED) is 0.520. The summed E-state index contributed by atoms with van der Waals surface area (Å²) < 4.78 is 7.23. The number of aromatic nitrogens is 5. The lowest BCUT2D eigenvalue weighted by molar-refractivity contribution is 0.367. The second kappa shape index (κ2) is 5.48. The van der Waals surface area contributed by atoms with Crippen molar-refractivity contribution >= 4 is 5.84 Å². The van der Waals surface area contributed by atoms with Gasteiger partial charge in [-0.05, 0) is 31.2 Å². The first-order valence-corrected chi connectivity index (χ1v) is 8.82. The monoisotopic (exact) mass is 349 g/mol. The van der Waals surface area contributed by atoms with Gasteiger partial charge in [0, 0.05) is 17.7 Å². The topological polar surface area (TPSA) is 120 Å². The fourth-order valence-electron chi connectivity index (χ4n) is 3.16. The largest absolute Gasteiger partial charge is 0.387 e. The van der Waals surface area contributed by atoms with Gasteiger partial charge in [-0.2, -0.15) is 4.98 Å². The zero-order valence-electron chi connectivity index (χ0n) is 14.2. The maximum absolute atomic E-state index is 7.71. The molecular weight excluding hydrogens is 330 g/mol. The number of hydrogen-bond donors (Lipinski definition) is 2. The number of nitrogens with one attached hydrogen (secondary N) is 1. The summed E-state index contributed by atoms with van der Waals surface area (Å²) >= 11 is 0. The van der Waals surface area contributed by atoms with Crippen LogP contribution < -0.4 is 5.73 Å². The predicted octanol–water partition coefficient (Wildman–Crippen LogP) is 2.22. The Kier molecular flexibility index (Phi) is 3.22. The van der Waals surface area contributed by atoms with Crippen molar-refractivity contribution in [2.45, 2.75) is 43.6 Å². The molecule has 5 rings (SSSR count). The van der Waals surface area contributed by atoms with Crippen LogP contribution in [0.15, 0.2) is 35.0 Å². The molecule has 132 valence electrons. The van der Waals surface area contributed by atoms with Crippen LogP contribution in [0.1, 0.15) is 48.7 Å². The summed E-state index contributed by atoms with van der Waals surface area (Å²) in [6, 6.07) is 8.00. The van der Waals surface area contributed by atoms with E-state index in [-0.39, 0.29) is 5.84 Å². The first kappa shape index (κ1) is 15.2. The lowest BCUT2D eigenvalue weighted by Gasteiger charge is -2.05. The van der Waals surface area contributed by atoms with Crippen LogP contribution in [0.3, 0.4) is 0 Å². The van der Waals surface area contributed by atoms with E-state index in [1.807, 2.05) is 35.1 Å². The summed E-state index contributed by atoms with van der Waals surface area (Å²) in [5, 5.41) is 20.2. The fourth-order valence-corrected chi connectivity index (χ4v) is 3.16. The minimum Gasteiger partial charge on any atom is -0.387 e. The molecule has 1 aromatic carbocycles. The van der Waals surface area contributed by atoms with Crippen LogP contribution in [0.5, 0.6) is 0 Å². The molecule has 2 fully saturated rings.